The minimum atomic E-state index is 0.418. The van der Waals surface area contributed by atoms with Crippen molar-refractivity contribution in [3.63, 3.8) is 0 Å². The van der Waals surface area contributed by atoms with Crippen molar-refractivity contribution in [3.8, 4) is 11.3 Å². The van der Waals surface area contributed by atoms with Crippen molar-refractivity contribution in [2.75, 3.05) is 18.0 Å². The summed E-state index contributed by atoms with van der Waals surface area (Å²) in [6.07, 6.45) is 1.26. The zero-order chi connectivity index (χ0) is 15.0. The fraction of sp³-hybridized carbons (Fsp3) is 0.421. The molecule has 1 aromatic heterocycles. The van der Waals surface area contributed by atoms with Crippen LogP contribution >= 0.6 is 0 Å². The highest BCUT2D eigenvalue weighted by Crippen LogP contribution is 2.34. The molecular weight excluding hydrogens is 256 g/mol. The normalized spacial score (nSPS) is 17.2. The van der Waals surface area contributed by atoms with Gasteiger partial charge in [-0.3, -0.25) is 4.98 Å². The fourth-order valence-corrected chi connectivity index (χ4v) is 3.17. The van der Waals surface area contributed by atoms with Gasteiger partial charge in [0, 0.05) is 18.7 Å². The summed E-state index contributed by atoms with van der Waals surface area (Å²) in [4.78, 5) is 7.31. The highest BCUT2D eigenvalue weighted by molar-refractivity contribution is 5.64. The van der Waals surface area contributed by atoms with Gasteiger partial charge in [0.25, 0.3) is 0 Å². The first-order chi connectivity index (χ1) is 9.94. The largest absolute Gasteiger partial charge is 0.370 e. The number of aryl methyl sites for hydroxylation is 2. The van der Waals surface area contributed by atoms with Crippen molar-refractivity contribution in [3.05, 3.63) is 47.7 Å². The van der Waals surface area contributed by atoms with Gasteiger partial charge in [-0.1, -0.05) is 37.6 Å². The first kappa shape index (κ1) is 14.1. The van der Waals surface area contributed by atoms with E-state index < -0.39 is 0 Å². The first-order valence-corrected chi connectivity index (χ1v) is 7.74. The van der Waals surface area contributed by atoms with Crippen molar-refractivity contribution in [1.29, 1.82) is 0 Å². The topological polar surface area (TPSA) is 16.1 Å². The molecule has 1 aliphatic heterocycles. The van der Waals surface area contributed by atoms with Gasteiger partial charge in [0.1, 0.15) is 0 Å². The number of aromatic nitrogens is 1. The summed E-state index contributed by atoms with van der Waals surface area (Å²) in [5.74, 6) is 0. The standard InChI is InChI=1S/C19H24N2/c1-14-6-5-7-16(12-14)17-8-9-18(15(2)20-17)21-11-10-19(3,4)13-21/h5-9,12H,10-11,13H2,1-4H3. The molecule has 21 heavy (non-hydrogen) atoms. The zero-order valence-corrected chi connectivity index (χ0v) is 13.5. The molecule has 0 saturated carbocycles. The maximum atomic E-state index is 4.84. The summed E-state index contributed by atoms with van der Waals surface area (Å²) in [5.41, 5.74) is 6.38. The van der Waals surface area contributed by atoms with Crippen LogP contribution in [0.15, 0.2) is 36.4 Å². The Labute approximate surface area is 127 Å². The quantitative estimate of drug-likeness (QED) is 0.799. The molecular formula is C19H24N2. The molecule has 0 bridgehead atoms. The maximum Gasteiger partial charge on any atom is 0.0706 e. The lowest BCUT2D eigenvalue weighted by atomic mass is 9.93. The fourth-order valence-electron chi connectivity index (χ4n) is 3.17. The molecule has 0 unspecified atom stereocenters. The second-order valence-electron chi connectivity index (χ2n) is 7.01. The summed E-state index contributed by atoms with van der Waals surface area (Å²) in [6, 6.07) is 12.9. The molecule has 0 aliphatic carbocycles. The smallest absolute Gasteiger partial charge is 0.0706 e. The minimum Gasteiger partial charge on any atom is -0.370 e. The lowest BCUT2D eigenvalue weighted by molar-refractivity contribution is 0.418. The van der Waals surface area contributed by atoms with Gasteiger partial charge in [0.2, 0.25) is 0 Å². The zero-order valence-electron chi connectivity index (χ0n) is 13.5. The molecule has 0 spiro atoms. The molecule has 0 radical (unpaired) electrons. The molecule has 2 heterocycles. The molecule has 1 fully saturated rings. The molecule has 1 aliphatic rings. The average molecular weight is 280 g/mol. The van der Waals surface area contributed by atoms with Crippen molar-refractivity contribution in [2.24, 2.45) is 5.41 Å². The Bertz CT molecular complexity index is 658. The van der Waals surface area contributed by atoms with E-state index in [1.165, 1.54) is 23.2 Å². The Morgan fingerprint density at radius 2 is 1.90 bits per heavy atom. The summed E-state index contributed by atoms with van der Waals surface area (Å²) >= 11 is 0. The molecule has 0 atom stereocenters. The Morgan fingerprint density at radius 1 is 1.10 bits per heavy atom. The van der Waals surface area contributed by atoms with Crippen molar-refractivity contribution in [1.82, 2.24) is 4.98 Å². The number of benzene rings is 1. The number of hydrogen-bond acceptors (Lipinski definition) is 2. The van der Waals surface area contributed by atoms with Gasteiger partial charge >= 0.3 is 0 Å². The second kappa shape index (κ2) is 5.18. The molecule has 0 N–H and O–H groups in total. The Balaban J connectivity index is 1.90. The summed E-state index contributed by atoms with van der Waals surface area (Å²) in [5, 5.41) is 0. The Hall–Kier alpha value is -1.83. The maximum absolute atomic E-state index is 4.84. The lowest BCUT2D eigenvalue weighted by Crippen LogP contribution is -2.23. The third-order valence-electron chi connectivity index (χ3n) is 4.39. The molecule has 2 nitrogen and oxygen atoms in total. The third-order valence-corrected chi connectivity index (χ3v) is 4.39. The van der Waals surface area contributed by atoms with E-state index in [0.29, 0.717) is 5.41 Å². The van der Waals surface area contributed by atoms with Crippen LogP contribution in [0, 0.1) is 19.3 Å². The van der Waals surface area contributed by atoms with Crippen LogP contribution in [0.2, 0.25) is 0 Å². The molecule has 2 aromatic rings. The van der Waals surface area contributed by atoms with Crippen LogP contribution in [-0.2, 0) is 0 Å². The van der Waals surface area contributed by atoms with Gasteiger partial charge in [-0.15, -0.1) is 0 Å². The molecule has 0 amide bonds. The number of rotatable bonds is 2. The lowest BCUT2D eigenvalue weighted by Gasteiger charge is -2.23. The number of hydrogen-bond donors (Lipinski definition) is 0. The van der Waals surface area contributed by atoms with Gasteiger partial charge in [-0.05, 0) is 43.9 Å². The van der Waals surface area contributed by atoms with E-state index in [1.54, 1.807) is 0 Å². The molecule has 110 valence electrons. The van der Waals surface area contributed by atoms with Crippen LogP contribution < -0.4 is 4.90 Å². The Morgan fingerprint density at radius 3 is 2.52 bits per heavy atom. The summed E-state index contributed by atoms with van der Waals surface area (Å²) in [7, 11) is 0. The van der Waals surface area contributed by atoms with Gasteiger partial charge in [0.15, 0.2) is 0 Å². The van der Waals surface area contributed by atoms with E-state index in [1.807, 2.05) is 0 Å². The highest BCUT2D eigenvalue weighted by Gasteiger charge is 2.30. The average Bonchev–Trinajstić information content (AvgIpc) is 2.79. The SMILES string of the molecule is Cc1cccc(-c2ccc(N3CCC(C)(C)C3)c(C)n2)c1. The van der Waals surface area contributed by atoms with Crippen LogP contribution in [0.4, 0.5) is 5.69 Å². The van der Waals surface area contributed by atoms with Crippen LogP contribution in [0.1, 0.15) is 31.5 Å². The highest BCUT2D eigenvalue weighted by atomic mass is 15.2. The van der Waals surface area contributed by atoms with Gasteiger partial charge in [-0.25, -0.2) is 0 Å². The number of pyridine rings is 1. The van der Waals surface area contributed by atoms with E-state index in [9.17, 15) is 0 Å². The monoisotopic (exact) mass is 280 g/mol. The van der Waals surface area contributed by atoms with Crippen LogP contribution in [0.5, 0.6) is 0 Å². The number of anilines is 1. The molecule has 3 rings (SSSR count). The molecule has 1 aromatic carbocycles. The van der Waals surface area contributed by atoms with Crippen LogP contribution in [-0.4, -0.2) is 18.1 Å². The van der Waals surface area contributed by atoms with Crippen molar-refractivity contribution >= 4 is 5.69 Å². The van der Waals surface area contributed by atoms with E-state index in [4.69, 9.17) is 4.98 Å². The van der Waals surface area contributed by atoms with E-state index in [-0.39, 0.29) is 0 Å². The second-order valence-corrected chi connectivity index (χ2v) is 7.01. The number of nitrogens with zero attached hydrogens (tertiary/aromatic N) is 2. The molecule has 2 heteroatoms. The van der Waals surface area contributed by atoms with Gasteiger partial charge in [-0.2, -0.15) is 0 Å². The predicted molar refractivity (Wildman–Crippen MR) is 89.8 cm³/mol. The first-order valence-electron chi connectivity index (χ1n) is 7.74. The summed E-state index contributed by atoms with van der Waals surface area (Å²) < 4.78 is 0. The predicted octanol–water partition coefficient (Wildman–Crippen LogP) is 4.60. The minimum absolute atomic E-state index is 0.418. The third kappa shape index (κ3) is 2.94. The van der Waals surface area contributed by atoms with Crippen LogP contribution in [0.25, 0.3) is 11.3 Å². The van der Waals surface area contributed by atoms with E-state index in [2.05, 4.69) is 69.0 Å². The molecule has 1 saturated heterocycles. The summed E-state index contributed by atoms with van der Waals surface area (Å²) in [6.45, 7) is 11.2. The van der Waals surface area contributed by atoms with Crippen LogP contribution in [0.3, 0.4) is 0 Å². The van der Waals surface area contributed by atoms with Gasteiger partial charge in [0.05, 0.1) is 17.1 Å². The van der Waals surface area contributed by atoms with E-state index in [0.717, 1.165) is 24.5 Å². The Kier molecular flexibility index (Phi) is 3.48. The van der Waals surface area contributed by atoms with Crippen molar-refractivity contribution in [2.45, 2.75) is 34.1 Å². The van der Waals surface area contributed by atoms with Gasteiger partial charge < -0.3 is 4.90 Å². The van der Waals surface area contributed by atoms with E-state index >= 15 is 0 Å². The van der Waals surface area contributed by atoms with Crippen molar-refractivity contribution < 1.29 is 0 Å².